The number of carbonyl (C=O) groups excluding carboxylic acids is 1. The van der Waals surface area contributed by atoms with Gasteiger partial charge in [-0.3, -0.25) is 4.79 Å². The Morgan fingerprint density at radius 3 is 2.75 bits per heavy atom. The molecule has 0 aromatic carbocycles. The SMILES string of the molecule is CC(=O)N1CCC(CI)C(I)C1. The average Bonchev–Trinajstić information content (AvgIpc) is 2.04. The molecule has 2 atom stereocenters. The third kappa shape index (κ3) is 2.71. The first-order chi connectivity index (χ1) is 5.65. The Balaban J connectivity index is 2.46. The molecule has 12 heavy (non-hydrogen) atoms. The van der Waals surface area contributed by atoms with Crippen molar-refractivity contribution in [2.75, 3.05) is 17.5 Å². The highest BCUT2D eigenvalue weighted by Crippen LogP contribution is 2.25. The van der Waals surface area contributed by atoms with Crippen LogP contribution in [0.1, 0.15) is 13.3 Å². The van der Waals surface area contributed by atoms with Crippen molar-refractivity contribution in [3.05, 3.63) is 0 Å². The summed E-state index contributed by atoms with van der Waals surface area (Å²) in [4.78, 5) is 13.0. The molecule has 1 aliphatic rings. The van der Waals surface area contributed by atoms with E-state index in [0.717, 1.165) is 19.0 Å². The second kappa shape index (κ2) is 4.97. The van der Waals surface area contributed by atoms with Crippen LogP contribution in [-0.2, 0) is 4.79 Å². The summed E-state index contributed by atoms with van der Waals surface area (Å²) in [5.74, 6) is 1.03. The van der Waals surface area contributed by atoms with Gasteiger partial charge < -0.3 is 4.90 Å². The average molecular weight is 393 g/mol. The van der Waals surface area contributed by atoms with Crippen molar-refractivity contribution in [1.82, 2.24) is 4.90 Å². The van der Waals surface area contributed by atoms with Crippen LogP contribution in [0.5, 0.6) is 0 Å². The molecule has 1 rings (SSSR count). The Kier molecular flexibility index (Phi) is 4.56. The molecule has 0 bridgehead atoms. The molecule has 1 saturated heterocycles. The van der Waals surface area contributed by atoms with E-state index in [9.17, 15) is 4.79 Å². The number of alkyl halides is 2. The Labute approximate surface area is 101 Å². The summed E-state index contributed by atoms with van der Waals surface area (Å²) in [7, 11) is 0. The monoisotopic (exact) mass is 393 g/mol. The number of hydrogen-bond donors (Lipinski definition) is 0. The summed E-state index contributed by atoms with van der Waals surface area (Å²) in [5, 5.41) is 0. The molecule has 0 aliphatic carbocycles. The fourth-order valence-corrected chi connectivity index (χ4v) is 4.53. The minimum atomic E-state index is 0.226. The first-order valence-corrected chi connectivity index (χ1v) is 6.87. The number of nitrogens with zero attached hydrogens (tertiary/aromatic N) is 1. The Bertz CT molecular complexity index is 174. The van der Waals surface area contributed by atoms with Crippen LogP contribution >= 0.6 is 45.2 Å². The molecule has 0 N–H and O–H groups in total. The van der Waals surface area contributed by atoms with E-state index < -0.39 is 0 Å². The van der Waals surface area contributed by atoms with Crippen LogP contribution in [0, 0.1) is 5.92 Å². The van der Waals surface area contributed by atoms with Crippen LogP contribution in [0.3, 0.4) is 0 Å². The van der Waals surface area contributed by atoms with Crippen LogP contribution in [0.15, 0.2) is 0 Å². The molecule has 70 valence electrons. The highest BCUT2D eigenvalue weighted by Gasteiger charge is 2.27. The predicted molar refractivity (Wildman–Crippen MR) is 67.1 cm³/mol. The van der Waals surface area contributed by atoms with Crippen molar-refractivity contribution in [1.29, 1.82) is 0 Å². The van der Waals surface area contributed by atoms with Gasteiger partial charge in [0.05, 0.1) is 0 Å². The number of carbonyl (C=O) groups is 1. The van der Waals surface area contributed by atoms with E-state index in [2.05, 4.69) is 45.2 Å². The zero-order valence-corrected chi connectivity index (χ0v) is 11.4. The quantitative estimate of drug-likeness (QED) is 0.494. The first-order valence-electron chi connectivity index (χ1n) is 4.10. The molecule has 1 amide bonds. The van der Waals surface area contributed by atoms with E-state index in [4.69, 9.17) is 0 Å². The van der Waals surface area contributed by atoms with Gasteiger partial charge in [0.15, 0.2) is 0 Å². The molecule has 1 fully saturated rings. The maximum absolute atomic E-state index is 11.1. The van der Waals surface area contributed by atoms with Crippen LogP contribution in [0.4, 0.5) is 0 Å². The standard InChI is InChI=1S/C8H13I2NO/c1-6(12)11-3-2-7(4-9)8(10)5-11/h7-8H,2-5H2,1H3. The summed E-state index contributed by atoms with van der Waals surface area (Å²) in [6.07, 6.45) is 1.18. The van der Waals surface area contributed by atoms with E-state index >= 15 is 0 Å². The maximum atomic E-state index is 11.1. The topological polar surface area (TPSA) is 20.3 Å². The number of amides is 1. The number of halogens is 2. The Hall–Kier alpha value is 0.930. The van der Waals surface area contributed by atoms with Gasteiger partial charge in [0, 0.05) is 28.4 Å². The van der Waals surface area contributed by atoms with E-state index in [0.29, 0.717) is 3.92 Å². The molecule has 0 saturated carbocycles. The summed E-state index contributed by atoms with van der Waals surface area (Å²) >= 11 is 4.91. The van der Waals surface area contributed by atoms with E-state index in [1.165, 1.54) is 10.8 Å². The van der Waals surface area contributed by atoms with Gasteiger partial charge in [-0.15, -0.1) is 0 Å². The lowest BCUT2D eigenvalue weighted by Gasteiger charge is -2.34. The van der Waals surface area contributed by atoms with Crippen molar-refractivity contribution in [2.24, 2.45) is 5.92 Å². The highest BCUT2D eigenvalue weighted by molar-refractivity contribution is 14.1. The fourth-order valence-electron chi connectivity index (χ4n) is 1.41. The van der Waals surface area contributed by atoms with Crippen LogP contribution in [0.25, 0.3) is 0 Å². The zero-order valence-electron chi connectivity index (χ0n) is 7.09. The van der Waals surface area contributed by atoms with Gasteiger partial charge in [-0.25, -0.2) is 0 Å². The van der Waals surface area contributed by atoms with Crippen LogP contribution in [0.2, 0.25) is 0 Å². The lowest BCUT2D eigenvalue weighted by atomic mass is 9.99. The molecule has 4 heteroatoms. The van der Waals surface area contributed by atoms with Gasteiger partial charge in [0.1, 0.15) is 0 Å². The summed E-state index contributed by atoms with van der Waals surface area (Å²) in [5.41, 5.74) is 0. The molecular formula is C8H13I2NO. The van der Waals surface area contributed by atoms with Crippen LogP contribution < -0.4 is 0 Å². The Morgan fingerprint density at radius 2 is 2.33 bits per heavy atom. The molecule has 0 aromatic rings. The molecule has 0 spiro atoms. The second-order valence-corrected chi connectivity index (χ2v) is 5.66. The molecule has 1 aliphatic heterocycles. The molecule has 2 unspecified atom stereocenters. The van der Waals surface area contributed by atoms with E-state index in [1.807, 2.05) is 4.90 Å². The van der Waals surface area contributed by atoms with Crippen LogP contribution in [-0.4, -0.2) is 32.2 Å². The molecule has 1 heterocycles. The third-order valence-electron chi connectivity index (χ3n) is 2.32. The zero-order chi connectivity index (χ0) is 9.14. The Morgan fingerprint density at radius 1 is 1.67 bits per heavy atom. The fraction of sp³-hybridized carbons (Fsp3) is 0.875. The number of piperidine rings is 1. The second-order valence-electron chi connectivity index (χ2n) is 3.18. The van der Waals surface area contributed by atoms with Gasteiger partial charge in [0.2, 0.25) is 5.91 Å². The first kappa shape index (κ1) is 11.0. The van der Waals surface area contributed by atoms with E-state index in [-0.39, 0.29) is 5.91 Å². The number of likely N-dealkylation sites (tertiary alicyclic amines) is 1. The largest absolute Gasteiger partial charge is 0.342 e. The smallest absolute Gasteiger partial charge is 0.219 e. The number of rotatable bonds is 1. The molecule has 2 nitrogen and oxygen atoms in total. The lowest BCUT2D eigenvalue weighted by molar-refractivity contribution is -0.129. The summed E-state index contributed by atoms with van der Waals surface area (Å²) in [6.45, 7) is 3.57. The van der Waals surface area contributed by atoms with Gasteiger partial charge >= 0.3 is 0 Å². The third-order valence-corrected chi connectivity index (χ3v) is 4.86. The summed E-state index contributed by atoms with van der Waals surface area (Å²) in [6, 6.07) is 0. The van der Waals surface area contributed by atoms with Crippen molar-refractivity contribution >= 4 is 51.1 Å². The predicted octanol–water partition coefficient (Wildman–Crippen LogP) is 2.09. The van der Waals surface area contributed by atoms with Gasteiger partial charge in [-0.1, -0.05) is 45.2 Å². The van der Waals surface area contributed by atoms with Crippen molar-refractivity contribution in [2.45, 2.75) is 17.3 Å². The molecular weight excluding hydrogens is 380 g/mol. The minimum Gasteiger partial charge on any atom is -0.342 e. The normalized spacial score (nSPS) is 30.4. The van der Waals surface area contributed by atoms with Gasteiger partial charge in [-0.2, -0.15) is 0 Å². The highest BCUT2D eigenvalue weighted by atomic mass is 127. The van der Waals surface area contributed by atoms with Gasteiger partial charge in [-0.05, 0) is 12.3 Å². The van der Waals surface area contributed by atoms with Gasteiger partial charge in [0.25, 0.3) is 0 Å². The molecule has 0 radical (unpaired) electrons. The van der Waals surface area contributed by atoms with Crippen molar-refractivity contribution < 1.29 is 4.79 Å². The minimum absolute atomic E-state index is 0.226. The van der Waals surface area contributed by atoms with Crippen molar-refractivity contribution in [3.8, 4) is 0 Å². The summed E-state index contributed by atoms with van der Waals surface area (Å²) < 4.78 is 1.87. The molecule has 0 aromatic heterocycles. The maximum Gasteiger partial charge on any atom is 0.219 e. The van der Waals surface area contributed by atoms with Crippen molar-refractivity contribution in [3.63, 3.8) is 0 Å². The lowest BCUT2D eigenvalue weighted by Crippen LogP contribution is -2.43. The number of hydrogen-bond acceptors (Lipinski definition) is 1. The van der Waals surface area contributed by atoms with E-state index in [1.54, 1.807) is 6.92 Å².